The highest BCUT2D eigenvalue weighted by Gasteiger charge is 2.13. The van der Waals surface area contributed by atoms with Crippen molar-refractivity contribution < 1.29 is 17.9 Å². The largest absolute Gasteiger partial charge is 0.491 e. The SMILES string of the molecule is COc1cc(S(N)(=O)=O)cnc1OC. The summed E-state index contributed by atoms with van der Waals surface area (Å²) >= 11 is 0. The summed E-state index contributed by atoms with van der Waals surface area (Å²) in [5, 5.41) is 4.91. The van der Waals surface area contributed by atoms with E-state index in [1.807, 2.05) is 0 Å². The molecule has 0 spiro atoms. The minimum atomic E-state index is -3.76. The Morgan fingerprint density at radius 3 is 2.43 bits per heavy atom. The summed E-state index contributed by atoms with van der Waals surface area (Å²) in [4.78, 5) is 3.61. The molecule has 2 N–H and O–H groups in total. The molecule has 1 aromatic heterocycles. The van der Waals surface area contributed by atoms with Gasteiger partial charge in [-0.3, -0.25) is 0 Å². The van der Waals surface area contributed by atoms with Gasteiger partial charge in [-0.05, 0) is 0 Å². The van der Waals surface area contributed by atoms with Gasteiger partial charge < -0.3 is 9.47 Å². The fourth-order valence-corrected chi connectivity index (χ4v) is 1.34. The third-order valence-corrected chi connectivity index (χ3v) is 2.42. The maximum Gasteiger partial charge on any atom is 0.256 e. The molecule has 0 saturated carbocycles. The van der Waals surface area contributed by atoms with Crippen LogP contribution < -0.4 is 14.6 Å². The predicted octanol–water partition coefficient (Wildman–Crippen LogP) is -0.254. The number of hydrogen-bond acceptors (Lipinski definition) is 5. The van der Waals surface area contributed by atoms with Gasteiger partial charge in [-0.1, -0.05) is 0 Å². The van der Waals surface area contributed by atoms with Crippen molar-refractivity contribution >= 4 is 10.0 Å². The molecule has 0 aliphatic heterocycles. The monoisotopic (exact) mass is 218 g/mol. The second-order valence-electron chi connectivity index (χ2n) is 2.43. The standard InChI is InChI=1S/C7H10N2O4S/c1-12-6-3-5(14(8,10)11)4-9-7(6)13-2/h3-4H,1-2H3,(H2,8,10,11). The van der Waals surface area contributed by atoms with Gasteiger partial charge >= 0.3 is 0 Å². The Hall–Kier alpha value is -1.34. The lowest BCUT2D eigenvalue weighted by Crippen LogP contribution is -2.12. The molecule has 7 heteroatoms. The van der Waals surface area contributed by atoms with Crippen LogP contribution in [0, 0.1) is 0 Å². The van der Waals surface area contributed by atoms with E-state index in [1.165, 1.54) is 20.3 Å². The second kappa shape index (κ2) is 3.81. The van der Waals surface area contributed by atoms with Crippen LogP contribution in [0.5, 0.6) is 11.6 Å². The molecule has 0 amide bonds. The molecule has 0 fully saturated rings. The molecular weight excluding hydrogens is 208 g/mol. The summed E-state index contributed by atoms with van der Waals surface area (Å²) in [5.74, 6) is 0.430. The van der Waals surface area contributed by atoms with E-state index in [4.69, 9.17) is 14.6 Å². The van der Waals surface area contributed by atoms with Gasteiger partial charge in [0.25, 0.3) is 5.88 Å². The highest BCUT2D eigenvalue weighted by molar-refractivity contribution is 7.89. The molecule has 0 bridgehead atoms. The average Bonchev–Trinajstić information content (AvgIpc) is 2.15. The quantitative estimate of drug-likeness (QED) is 0.755. The number of aromatic nitrogens is 1. The lowest BCUT2D eigenvalue weighted by Gasteiger charge is -2.06. The van der Waals surface area contributed by atoms with Crippen molar-refractivity contribution in [2.24, 2.45) is 5.14 Å². The van der Waals surface area contributed by atoms with E-state index >= 15 is 0 Å². The van der Waals surface area contributed by atoms with Crippen molar-refractivity contribution in [3.05, 3.63) is 12.3 Å². The predicted molar refractivity (Wildman–Crippen MR) is 48.7 cm³/mol. The van der Waals surface area contributed by atoms with E-state index in [9.17, 15) is 8.42 Å². The highest BCUT2D eigenvalue weighted by atomic mass is 32.2. The molecule has 0 unspecified atom stereocenters. The first-order valence-electron chi connectivity index (χ1n) is 3.60. The third kappa shape index (κ3) is 2.12. The van der Waals surface area contributed by atoms with Gasteiger partial charge in [-0.15, -0.1) is 0 Å². The number of primary sulfonamides is 1. The number of sulfonamides is 1. The topological polar surface area (TPSA) is 91.5 Å². The van der Waals surface area contributed by atoms with Gasteiger partial charge in [0.1, 0.15) is 4.90 Å². The lowest BCUT2D eigenvalue weighted by molar-refractivity contribution is 0.341. The molecule has 0 atom stereocenters. The minimum Gasteiger partial charge on any atom is -0.491 e. The van der Waals surface area contributed by atoms with Crippen molar-refractivity contribution in [3.63, 3.8) is 0 Å². The molecule has 1 heterocycles. The number of nitrogens with zero attached hydrogens (tertiary/aromatic N) is 1. The normalized spacial score (nSPS) is 11.1. The van der Waals surface area contributed by atoms with Crippen molar-refractivity contribution in [1.29, 1.82) is 0 Å². The molecule has 1 rings (SSSR count). The van der Waals surface area contributed by atoms with E-state index < -0.39 is 10.0 Å². The van der Waals surface area contributed by atoms with E-state index in [0.717, 1.165) is 6.20 Å². The number of rotatable bonds is 3. The molecule has 14 heavy (non-hydrogen) atoms. The minimum absolute atomic E-state index is 0.116. The Kier molecular flexibility index (Phi) is 2.92. The van der Waals surface area contributed by atoms with Gasteiger partial charge in [0.15, 0.2) is 5.75 Å². The third-order valence-electron chi connectivity index (χ3n) is 1.53. The summed E-state index contributed by atoms with van der Waals surface area (Å²) in [6.07, 6.45) is 1.11. The van der Waals surface area contributed by atoms with Crippen molar-refractivity contribution in [2.75, 3.05) is 14.2 Å². The fourth-order valence-electron chi connectivity index (χ4n) is 0.869. The number of pyridine rings is 1. The van der Waals surface area contributed by atoms with Crippen LogP contribution in [0.2, 0.25) is 0 Å². The van der Waals surface area contributed by atoms with Crippen LogP contribution in [0.4, 0.5) is 0 Å². The first kappa shape index (κ1) is 10.7. The van der Waals surface area contributed by atoms with Gasteiger partial charge in [-0.25, -0.2) is 18.5 Å². The molecule has 1 aromatic rings. The number of nitrogens with two attached hydrogens (primary N) is 1. The molecule has 0 aromatic carbocycles. The summed E-state index contributed by atoms with van der Waals surface area (Å²) in [6, 6.07) is 1.25. The summed E-state index contributed by atoms with van der Waals surface area (Å²) < 4.78 is 31.6. The molecule has 0 aliphatic carbocycles. The molecule has 0 radical (unpaired) electrons. The van der Waals surface area contributed by atoms with Crippen LogP contribution in [-0.4, -0.2) is 27.6 Å². The Morgan fingerprint density at radius 1 is 1.36 bits per heavy atom. The van der Waals surface area contributed by atoms with Crippen LogP contribution in [-0.2, 0) is 10.0 Å². The zero-order valence-corrected chi connectivity index (χ0v) is 8.54. The van der Waals surface area contributed by atoms with E-state index in [2.05, 4.69) is 4.98 Å². The van der Waals surface area contributed by atoms with Crippen LogP contribution in [0.1, 0.15) is 0 Å². The van der Waals surface area contributed by atoms with E-state index in [1.54, 1.807) is 0 Å². The van der Waals surface area contributed by atoms with E-state index in [-0.39, 0.29) is 16.5 Å². The molecule has 78 valence electrons. The number of methoxy groups -OCH3 is 2. The zero-order chi connectivity index (χ0) is 10.8. The fraction of sp³-hybridized carbons (Fsp3) is 0.286. The Bertz CT molecular complexity index is 429. The highest BCUT2D eigenvalue weighted by Crippen LogP contribution is 2.25. The first-order valence-corrected chi connectivity index (χ1v) is 5.14. The number of hydrogen-bond donors (Lipinski definition) is 1. The van der Waals surface area contributed by atoms with Crippen LogP contribution in [0.3, 0.4) is 0 Å². The summed E-state index contributed by atoms with van der Waals surface area (Å²) in [7, 11) is -0.973. The Balaban J connectivity index is 3.28. The first-order chi connectivity index (χ1) is 6.49. The van der Waals surface area contributed by atoms with Crippen molar-refractivity contribution in [2.45, 2.75) is 4.90 Å². The maximum absolute atomic E-state index is 10.9. The average molecular weight is 218 g/mol. The Labute approximate surface area is 81.7 Å². The molecule has 0 saturated heterocycles. The van der Waals surface area contributed by atoms with Gasteiger partial charge in [0.05, 0.1) is 20.4 Å². The van der Waals surface area contributed by atoms with Crippen molar-refractivity contribution in [3.8, 4) is 11.6 Å². The van der Waals surface area contributed by atoms with Gasteiger partial charge in [-0.2, -0.15) is 0 Å². The van der Waals surface area contributed by atoms with E-state index in [0.29, 0.717) is 0 Å². The van der Waals surface area contributed by atoms with Gasteiger partial charge in [0, 0.05) is 6.07 Å². The smallest absolute Gasteiger partial charge is 0.256 e. The van der Waals surface area contributed by atoms with Crippen molar-refractivity contribution in [1.82, 2.24) is 4.98 Å². The Morgan fingerprint density at radius 2 is 2.00 bits per heavy atom. The van der Waals surface area contributed by atoms with Crippen LogP contribution in [0.25, 0.3) is 0 Å². The number of ether oxygens (including phenoxy) is 2. The van der Waals surface area contributed by atoms with Gasteiger partial charge in [0.2, 0.25) is 10.0 Å². The molecule has 6 nitrogen and oxygen atoms in total. The second-order valence-corrected chi connectivity index (χ2v) is 3.99. The summed E-state index contributed by atoms with van der Waals surface area (Å²) in [6.45, 7) is 0. The molecular formula is C7H10N2O4S. The van der Waals surface area contributed by atoms with Crippen LogP contribution in [0.15, 0.2) is 17.2 Å². The zero-order valence-electron chi connectivity index (χ0n) is 7.72. The maximum atomic E-state index is 10.9. The van der Waals surface area contributed by atoms with Crippen LogP contribution >= 0.6 is 0 Å². The molecule has 0 aliphatic rings. The lowest BCUT2D eigenvalue weighted by atomic mass is 10.4. The summed E-state index contributed by atoms with van der Waals surface area (Å²) in [5.41, 5.74) is 0.